The van der Waals surface area contributed by atoms with Gasteiger partial charge in [-0.25, -0.2) is 4.98 Å². The van der Waals surface area contributed by atoms with Crippen LogP contribution < -0.4 is 4.90 Å². The van der Waals surface area contributed by atoms with E-state index in [0.717, 1.165) is 18.9 Å². The van der Waals surface area contributed by atoms with E-state index >= 15 is 0 Å². The maximum atomic E-state index is 4.88. The molecule has 2 aliphatic heterocycles. The number of hydrogen-bond acceptors (Lipinski definition) is 4. The van der Waals surface area contributed by atoms with Crippen molar-refractivity contribution in [3.05, 3.63) is 72.2 Å². The van der Waals surface area contributed by atoms with E-state index in [9.17, 15) is 0 Å². The molecule has 5 rings (SSSR count). The highest BCUT2D eigenvalue weighted by Gasteiger charge is 2.41. The molecular formula is C24H26N4. The molecule has 142 valence electrons. The molecule has 0 saturated carbocycles. The number of rotatable bonds is 2. The lowest BCUT2D eigenvalue weighted by atomic mass is 9.91. The Kier molecular flexibility index (Phi) is 4.36. The summed E-state index contributed by atoms with van der Waals surface area (Å²) in [6.45, 7) is 4.44. The molecule has 0 N–H and O–H groups in total. The molecule has 4 heterocycles. The molecule has 2 aromatic heterocycles. The highest BCUT2D eigenvalue weighted by Crippen LogP contribution is 2.48. The average Bonchev–Trinajstić information content (AvgIpc) is 2.90. The van der Waals surface area contributed by atoms with Crippen molar-refractivity contribution >= 4 is 11.5 Å². The Morgan fingerprint density at radius 1 is 0.929 bits per heavy atom. The second-order valence-corrected chi connectivity index (χ2v) is 8.13. The quantitative estimate of drug-likeness (QED) is 0.650. The Morgan fingerprint density at radius 3 is 2.43 bits per heavy atom. The Morgan fingerprint density at radius 2 is 1.64 bits per heavy atom. The van der Waals surface area contributed by atoms with Gasteiger partial charge < -0.3 is 9.80 Å². The molecule has 0 radical (unpaired) electrons. The molecule has 0 amide bonds. The van der Waals surface area contributed by atoms with Gasteiger partial charge in [-0.05, 0) is 80.9 Å². The van der Waals surface area contributed by atoms with Crippen LogP contribution in [-0.4, -0.2) is 41.0 Å². The molecule has 1 fully saturated rings. The van der Waals surface area contributed by atoms with Crippen LogP contribution in [0, 0.1) is 6.92 Å². The molecule has 0 aliphatic carbocycles. The third-order valence-electron chi connectivity index (χ3n) is 6.24. The maximum absolute atomic E-state index is 4.88. The molecule has 3 aromatic rings. The second kappa shape index (κ2) is 7.02. The van der Waals surface area contributed by atoms with Gasteiger partial charge >= 0.3 is 0 Å². The fourth-order valence-electron chi connectivity index (χ4n) is 4.78. The normalized spacial score (nSPS) is 21.9. The summed E-state index contributed by atoms with van der Waals surface area (Å²) in [6.07, 6.45) is 8.07. The Bertz CT molecular complexity index is 968. The fourth-order valence-corrected chi connectivity index (χ4v) is 4.78. The van der Waals surface area contributed by atoms with Crippen molar-refractivity contribution in [3.8, 4) is 11.1 Å². The molecule has 2 unspecified atom stereocenters. The fraction of sp³-hybridized carbons (Fsp3) is 0.333. The van der Waals surface area contributed by atoms with Crippen LogP contribution in [0.15, 0.2) is 61.1 Å². The van der Waals surface area contributed by atoms with Crippen LogP contribution in [0.25, 0.3) is 11.1 Å². The summed E-state index contributed by atoms with van der Waals surface area (Å²) in [5.74, 6) is 1.72. The third kappa shape index (κ3) is 2.98. The Hall–Kier alpha value is -2.72. The van der Waals surface area contributed by atoms with E-state index in [-0.39, 0.29) is 0 Å². The van der Waals surface area contributed by atoms with Crippen LogP contribution in [0.3, 0.4) is 0 Å². The number of anilines is 2. The number of likely N-dealkylation sites (tertiary alicyclic amines) is 1. The van der Waals surface area contributed by atoms with Crippen LogP contribution >= 0.6 is 0 Å². The van der Waals surface area contributed by atoms with Crippen LogP contribution in [0.4, 0.5) is 11.5 Å². The Balaban J connectivity index is 1.54. The van der Waals surface area contributed by atoms with Crippen LogP contribution in [0.1, 0.15) is 29.9 Å². The van der Waals surface area contributed by atoms with Gasteiger partial charge in [-0.15, -0.1) is 0 Å². The first kappa shape index (κ1) is 17.4. The Labute approximate surface area is 166 Å². The molecule has 4 heteroatoms. The third-order valence-corrected chi connectivity index (χ3v) is 6.24. The molecular weight excluding hydrogens is 344 g/mol. The first-order chi connectivity index (χ1) is 13.7. The van der Waals surface area contributed by atoms with Gasteiger partial charge in [0.2, 0.25) is 0 Å². The van der Waals surface area contributed by atoms with Crippen molar-refractivity contribution in [1.29, 1.82) is 0 Å². The SMILES string of the molecule is Cc1cnc2c(c1)C1CCN(C)CCC1N2c1ccc(-c2ccncc2)cc1. The van der Waals surface area contributed by atoms with Gasteiger partial charge in [-0.3, -0.25) is 4.98 Å². The highest BCUT2D eigenvalue weighted by atomic mass is 15.3. The predicted molar refractivity (Wildman–Crippen MR) is 114 cm³/mol. The van der Waals surface area contributed by atoms with E-state index in [1.807, 2.05) is 18.6 Å². The first-order valence-electron chi connectivity index (χ1n) is 10.2. The number of hydrogen-bond donors (Lipinski definition) is 0. The number of fused-ring (bicyclic) bond motifs is 3. The number of benzene rings is 1. The minimum absolute atomic E-state index is 0.487. The van der Waals surface area contributed by atoms with Crippen molar-refractivity contribution in [1.82, 2.24) is 14.9 Å². The number of pyridine rings is 2. The maximum Gasteiger partial charge on any atom is 0.136 e. The van der Waals surface area contributed by atoms with E-state index in [4.69, 9.17) is 4.98 Å². The molecule has 1 saturated heterocycles. The van der Waals surface area contributed by atoms with E-state index in [1.54, 1.807) is 0 Å². The van der Waals surface area contributed by atoms with Crippen LogP contribution in [0.2, 0.25) is 0 Å². The first-order valence-corrected chi connectivity index (χ1v) is 10.2. The lowest BCUT2D eigenvalue weighted by Gasteiger charge is -2.29. The van der Waals surface area contributed by atoms with Crippen molar-refractivity contribution in [2.75, 3.05) is 25.0 Å². The summed E-state index contributed by atoms with van der Waals surface area (Å²) in [4.78, 5) is 14.0. The zero-order chi connectivity index (χ0) is 19.1. The molecule has 28 heavy (non-hydrogen) atoms. The molecule has 2 aliphatic rings. The lowest BCUT2D eigenvalue weighted by molar-refractivity contribution is 0.346. The lowest BCUT2D eigenvalue weighted by Crippen LogP contribution is -2.31. The highest BCUT2D eigenvalue weighted by molar-refractivity contribution is 5.73. The predicted octanol–water partition coefficient (Wildman–Crippen LogP) is 4.78. The zero-order valence-corrected chi connectivity index (χ0v) is 16.5. The number of nitrogens with zero attached hydrogens (tertiary/aromatic N) is 4. The summed E-state index contributed by atoms with van der Waals surface area (Å²) >= 11 is 0. The summed E-state index contributed by atoms with van der Waals surface area (Å²) in [5.41, 5.74) is 6.35. The standard InChI is InChI=1S/C24H26N4/c1-17-15-22-21-9-13-27(2)14-10-23(21)28(24(22)26-16-17)20-5-3-18(4-6-20)19-7-11-25-12-8-19/h3-8,11-12,15-16,21,23H,9-10,13-14H2,1-2H3. The monoisotopic (exact) mass is 370 g/mol. The van der Waals surface area contributed by atoms with Gasteiger partial charge in [0.05, 0.1) is 0 Å². The number of aromatic nitrogens is 2. The molecule has 0 bridgehead atoms. The summed E-state index contributed by atoms with van der Waals surface area (Å²) in [6, 6.07) is 15.9. The smallest absolute Gasteiger partial charge is 0.136 e. The van der Waals surface area contributed by atoms with E-state index in [0.29, 0.717) is 12.0 Å². The van der Waals surface area contributed by atoms with Gasteiger partial charge in [-0.2, -0.15) is 0 Å². The van der Waals surface area contributed by atoms with Crippen LogP contribution in [-0.2, 0) is 0 Å². The molecule has 1 aromatic carbocycles. The molecule has 0 spiro atoms. The van der Waals surface area contributed by atoms with Gasteiger partial charge in [0.25, 0.3) is 0 Å². The van der Waals surface area contributed by atoms with Crippen molar-refractivity contribution in [3.63, 3.8) is 0 Å². The minimum atomic E-state index is 0.487. The van der Waals surface area contributed by atoms with Gasteiger partial charge in [-0.1, -0.05) is 18.2 Å². The zero-order valence-electron chi connectivity index (χ0n) is 16.5. The van der Waals surface area contributed by atoms with Crippen molar-refractivity contribution in [2.24, 2.45) is 0 Å². The van der Waals surface area contributed by atoms with Gasteiger partial charge in [0, 0.05) is 41.8 Å². The minimum Gasteiger partial charge on any atom is -0.322 e. The molecule has 4 nitrogen and oxygen atoms in total. The summed E-state index contributed by atoms with van der Waals surface area (Å²) < 4.78 is 0. The van der Waals surface area contributed by atoms with E-state index < -0.39 is 0 Å². The van der Waals surface area contributed by atoms with Crippen LogP contribution in [0.5, 0.6) is 0 Å². The second-order valence-electron chi connectivity index (χ2n) is 8.13. The number of aryl methyl sites for hydroxylation is 1. The average molecular weight is 371 g/mol. The van der Waals surface area contributed by atoms with E-state index in [1.165, 1.54) is 40.8 Å². The van der Waals surface area contributed by atoms with E-state index in [2.05, 4.69) is 71.2 Å². The van der Waals surface area contributed by atoms with Crippen molar-refractivity contribution < 1.29 is 0 Å². The summed E-state index contributed by atoms with van der Waals surface area (Å²) in [7, 11) is 2.24. The van der Waals surface area contributed by atoms with Gasteiger partial charge in [0.1, 0.15) is 5.82 Å². The molecule has 2 atom stereocenters. The summed E-state index contributed by atoms with van der Waals surface area (Å²) in [5, 5.41) is 0. The van der Waals surface area contributed by atoms with Crippen molar-refractivity contribution in [2.45, 2.75) is 31.7 Å². The van der Waals surface area contributed by atoms with Gasteiger partial charge in [0.15, 0.2) is 0 Å². The largest absolute Gasteiger partial charge is 0.322 e. The topological polar surface area (TPSA) is 32.3 Å².